The highest BCUT2D eigenvalue weighted by molar-refractivity contribution is 6.80. The number of nitriles is 1. The first-order valence-corrected chi connectivity index (χ1v) is 9.53. The van der Waals surface area contributed by atoms with Gasteiger partial charge in [-0.25, -0.2) is 20.2 Å². The number of hydrogen-bond donors (Lipinski definition) is 1. The third kappa shape index (κ3) is 3.85. The first kappa shape index (κ1) is 20.2. The monoisotopic (exact) mass is 430 g/mol. The van der Waals surface area contributed by atoms with Crippen molar-refractivity contribution in [1.29, 1.82) is 5.26 Å². The number of nitrogens with zero attached hydrogens (tertiary/aromatic N) is 5. The number of aryl methyl sites for hydroxylation is 1. The minimum Gasteiger partial charge on any atom is -0.366 e. The summed E-state index contributed by atoms with van der Waals surface area (Å²) in [6.07, 6.45) is -2.12. The molecule has 0 aliphatic carbocycles. The lowest BCUT2D eigenvalue weighted by Gasteiger charge is -2.11. The second-order valence-corrected chi connectivity index (χ2v) is 7.37. The Morgan fingerprint density at radius 3 is 2.60 bits per heavy atom. The van der Waals surface area contributed by atoms with Crippen LogP contribution in [0.1, 0.15) is 16.8 Å². The van der Waals surface area contributed by atoms with Crippen LogP contribution in [0.15, 0.2) is 30.5 Å². The van der Waals surface area contributed by atoms with Gasteiger partial charge in [0.1, 0.15) is 11.6 Å². The Hall–Kier alpha value is -3.06. The van der Waals surface area contributed by atoms with Crippen LogP contribution in [0.2, 0.25) is 11.6 Å². The number of fused-ring (bicyclic) bond motifs is 1. The van der Waals surface area contributed by atoms with E-state index < -0.39 is 11.9 Å². The summed E-state index contributed by atoms with van der Waals surface area (Å²) in [5.41, 5.74) is 2.14. The lowest BCUT2D eigenvalue weighted by molar-refractivity contribution is -0.140. The van der Waals surface area contributed by atoms with E-state index in [2.05, 4.69) is 26.2 Å². The maximum atomic E-state index is 12.9. The Balaban J connectivity index is 1.51. The second-order valence-electron chi connectivity index (χ2n) is 7.03. The fourth-order valence-electron chi connectivity index (χ4n) is 3.53. The summed E-state index contributed by atoms with van der Waals surface area (Å²) >= 11 is 6.01. The van der Waals surface area contributed by atoms with Crippen LogP contribution in [-0.4, -0.2) is 26.2 Å². The number of aromatic nitrogens is 4. The predicted molar refractivity (Wildman–Crippen MR) is 108 cm³/mol. The molecule has 0 saturated heterocycles. The first-order chi connectivity index (χ1) is 14.3. The van der Waals surface area contributed by atoms with Crippen LogP contribution >= 0.6 is 11.6 Å². The fraction of sp³-hybridized carbons (Fsp3) is 0.263. The molecule has 0 unspecified atom stereocenters. The van der Waals surface area contributed by atoms with Gasteiger partial charge in [0.05, 0.1) is 0 Å². The van der Waals surface area contributed by atoms with Crippen molar-refractivity contribution >= 4 is 29.7 Å². The number of halogens is 4. The highest BCUT2D eigenvalue weighted by Crippen LogP contribution is 2.30. The third-order valence-corrected chi connectivity index (χ3v) is 5.19. The highest BCUT2D eigenvalue weighted by atomic mass is 35.5. The van der Waals surface area contributed by atoms with E-state index in [1.54, 1.807) is 12.1 Å². The van der Waals surface area contributed by atoms with Gasteiger partial charge in [-0.15, -0.1) is 0 Å². The van der Waals surface area contributed by atoms with Crippen LogP contribution in [-0.2, 0) is 26.2 Å². The van der Waals surface area contributed by atoms with Crippen LogP contribution < -0.4 is 10.9 Å². The van der Waals surface area contributed by atoms with Gasteiger partial charge in [-0.1, -0.05) is 24.3 Å². The quantitative estimate of drug-likeness (QED) is 0.506. The fourth-order valence-corrected chi connectivity index (χ4v) is 3.71. The minimum absolute atomic E-state index is 0.0870. The van der Waals surface area contributed by atoms with Crippen molar-refractivity contribution in [1.82, 2.24) is 19.5 Å². The molecule has 0 amide bonds. The zero-order chi connectivity index (χ0) is 21.5. The molecule has 4 rings (SSSR count). The van der Waals surface area contributed by atoms with Gasteiger partial charge in [-0.3, -0.25) is 0 Å². The molecule has 1 aliphatic rings. The molecule has 11 heteroatoms. The summed E-state index contributed by atoms with van der Waals surface area (Å²) in [6, 6.07) is 7.07. The van der Waals surface area contributed by atoms with E-state index in [9.17, 15) is 18.4 Å². The molecule has 0 atom stereocenters. The van der Waals surface area contributed by atoms with Gasteiger partial charge in [0, 0.05) is 42.5 Å². The van der Waals surface area contributed by atoms with Gasteiger partial charge >= 0.3 is 12.9 Å². The van der Waals surface area contributed by atoms with E-state index >= 15 is 0 Å². The van der Waals surface area contributed by atoms with Crippen molar-refractivity contribution in [2.45, 2.75) is 25.5 Å². The Morgan fingerprint density at radius 2 is 1.97 bits per heavy atom. The van der Waals surface area contributed by atoms with Crippen molar-refractivity contribution < 1.29 is 13.2 Å². The summed E-state index contributed by atoms with van der Waals surface area (Å²) in [6.45, 7) is 0.158. The van der Waals surface area contributed by atoms with Crippen LogP contribution in [0.3, 0.4) is 0 Å². The smallest absolute Gasteiger partial charge is 0.366 e. The number of benzene rings is 1. The lowest BCUT2D eigenvalue weighted by Crippen LogP contribution is -2.29. The first-order valence-electron chi connectivity index (χ1n) is 9.16. The highest BCUT2D eigenvalue weighted by Gasteiger charge is 2.34. The summed E-state index contributed by atoms with van der Waals surface area (Å²) < 4.78 is 40.0. The standard InChI is InChI=1S/C19H15BClF3N6/c1-30-9-14(19(22,23)24)27-17(30)12-4-2-11(3-5-12)8-26-16-13-6-7-20(10-25)15(13)28-18(21)29-16/h2-5,9H,6-8H2,1H3,(H,26,28,29). The maximum Gasteiger partial charge on any atom is 0.434 e. The van der Waals surface area contributed by atoms with Gasteiger partial charge in [-0.05, 0) is 29.9 Å². The molecule has 0 saturated carbocycles. The van der Waals surface area contributed by atoms with Crippen LogP contribution in [0.4, 0.5) is 19.0 Å². The van der Waals surface area contributed by atoms with E-state index in [1.807, 2.05) is 12.1 Å². The minimum atomic E-state index is -4.48. The van der Waals surface area contributed by atoms with Crippen molar-refractivity contribution in [2.75, 3.05) is 5.32 Å². The topological polar surface area (TPSA) is 79.4 Å². The van der Waals surface area contributed by atoms with Crippen molar-refractivity contribution in [3.8, 4) is 17.4 Å². The van der Waals surface area contributed by atoms with E-state index in [0.29, 0.717) is 36.3 Å². The Morgan fingerprint density at radius 1 is 1.23 bits per heavy atom. The Kier molecular flexibility index (Phi) is 5.16. The molecular weight excluding hydrogens is 416 g/mol. The van der Waals surface area contributed by atoms with Gasteiger partial charge in [-0.2, -0.15) is 13.2 Å². The number of nitrogens with one attached hydrogen (secondary N) is 1. The predicted octanol–water partition coefficient (Wildman–Crippen LogP) is 3.48. The number of alkyl halides is 3. The molecule has 6 nitrogen and oxygen atoms in total. The van der Waals surface area contributed by atoms with E-state index in [4.69, 9.17) is 11.6 Å². The molecule has 0 bridgehead atoms. The molecule has 30 heavy (non-hydrogen) atoms. The molecule has 0 spiro atoms. The molecule has 3 aromatic rings. The SMILES string of the molecule is Cn1cc(C(F)(F)F)nc1-c1ccc(CNc2nc(Cl)nc3c2CCB3C#N)cc1. The van der Waals surface area contributed by atoms with Crippen LogP contribution in [0, 0.1) is 11.2 Å². The van der Waals surface area contributed by atoms with Crippen LogP contribution in [0.25, 0.3) is 11.4 Å². The van der Waals surface area contributed by atoms with Gasteiger partial charge in [0.15, 0.2) is 5.69 Å². The van der Waals surface area contributed by atoms with E-state index in [0.717, 1.165) is 17.3 Å². The largest absolute Gasteiger partial charge is 0.434 e. The number of anilines is 1. The molecule has 1 aliphatic heterocycles. The summed E-state index contributed by atoms with van der Waals surface area (Å²) in [5.74, 6) is 3.07. The third-order valence-electron chi connectivity index (χ3n) is 5.02. The second kappa shape index (κ2) is 7.65. The summed E-state index contributed by atoms with van der Waals surface area (Å²) in [5, 5.41) is 12.6. The average Bonchev–Trinajstić information content (AvgIpc) is 3.29. The maximum absolute atomic E-state index is 12.9. The van der Waals surface area contributed by atoms with E-state index in [1.165, 1.54) is 11.6 Å². The van der Waals surface area contributed by atoms with Crippen molar-refractivity contribution in [3.63, 3.8) is 0 Å². The molecule has 0 radical (unpaired) electrons. The van der Waals surface area contributed by atoms with Crippen molar-refractivity contribution in [3.05, 3.63) is 52.6 Å². The van der Waals surface area contributed by atoms with Crippen molar-refractivity contribution in [2.24, 2.45) is 7.05 Å². The summed E-state index contributed by atoms with van der Waals surface area (Å²) in [4.78, 5) is 12.1. The Bertz CT molecular complexity index is 1140. The zero-order valence-corrected chi connectivity index (χ0v) is 16.6. The Labute approximate surface area is 175 Å². The molecule has 0 fully saturated rings. The molecule has 2 aromatic heterocycles. The van der Waals surface area contributed by atoms with Gasteiger partial charge in [0.2, 0.25) is 5.28 Å². The van der Waals surface area contributed by atoms with Gasteiger partial charge < -0.3 is 9.88 Å². The molecule has 1 N–H and O–H groups in total. The number of hydrogen-bond acceptors (Lipinski definition) is 5. The van der Waals surface area contributed by atoms with Crippen LogP contribution in [0.5, 0.6) is 0 Å². The molecule has 3 heterocycles. The van der Waals surface area contributed by atoms with E-state index in [-0.39, 0.29) is 17.8 Å². The zero-order valence-electron chi connectivity index (χ0n) is 15.8. The average molecular weight is 431 g/mol. The number of rotatable bonds is 4. The molecule has 1 aromatic carbocycles. The molecule has 152 valence electrons. The summed E-state index contributed by atoms with van der Waals surface area (Å²) in [7, 11) is 1.53. The van der Waals surface area contributed by atoms with Gasteiger partial charge in [0.25, 0.3) is 0 Å². The lowest BCUT2D eigenvalue weighted by atomic mass is 9.49. The normalized spacial score (nSPS) is 13.3. The molecular formula is C19H15BClF3N6. The number of imidazole rings is 1.